The van der Waals surface area contributed by atoms with Crippen molar-refractivity contribution in [3.63, 3.8) is 0 Å². The summed E-state index contributed by atoms with van der Waals surface area (Å²) in [5.74, 6) is -8.22. The summed E-state index contributed by atoms with van der Waals surface area (Å²) < 4.78 is 0. The molecular formula is C51H73N9O16. The predicted molar refractivity (Wildman–Crippen MR) is 272 cm³/mol. The van der Waals surface area contributed by atoms with Gasteiger partial charge in [0.2, 0.25) is 17.7 Å². The molecule has 6 rings (SSSR count). The van der Waals surface area contributed by atoms with Gasteiger partial charge in [-0.15, -0.1) is 0 Å². The van der Waals surface area contributed by atoms with E-state index in [0.717, 1.165) is 16.3 Å². The lowest BCUT2D eigenvalue weighted by Crippen LogP contribution is -2.57. The van der Waals surface area contributed by atoms with Crippen molar-refractivity contribution in [1.29, 1.82) is 0 Å². The zero-order chi connectivity index (χ0) is 55.4. The van der Waals surface area contributed by atoms with Gasteiger partial charge >= 0.3 is 41.8 Å². The Kier molecular flexibility index (Phi) is 22.7. The van der Waals surface area contributed by atoms with Crippen LogP contribution >= 0.6 is 0 Å². The largest absolute Gasteiger partial charge is 0.481 e. The number of urea groups is 1. The molecule has 3 atom stereocenters. The van der Waals surface area contributed by atoms with Gasteiger partial charge in [-0.2, -0.15) is 0 Å². The normalized spacial score (nSPS) is 21.1. The maximum atomic E-state index is 14.4. The molecule has 3 aliphatic carbocycles. The highest BCUT2D eigenvalue weighted by molar-refractivity contribution is 5.91. The fourth-order valence-electron chi connectivity index (χ4n) is 10.3. The number of amides is 5. The highest BCUT2D eigenvalue weighted by Gasteiger charge is 2.52. The summed E-state index contributed by atoms with van der Waals surface area (Å²) in [6, 6.07) is 8.52. The molecule has 11 N–H and O–H groups in total. The first-order chi connectivity index (χ1) is 36.1. The van der Waals surface area contributed by atoms with Crippen molar-refractivity contribution in [2.45, 2.75) is 95.2 Å². The zero-order valence-corrected chi connectivity index (χ0v) is 42.7. The third-order valence-corrected chi connectivity index (χ3v) is 14.9. The number of carbonyl (C=O) groups excluding carboxylic acids is 4. The fourth-order valence-corrected chi connectivity index (χ4v) is 10.3. The van der Waals surface area contributed by atoms with E-state index < -0.39 is 84.1 Å². The molecule has 418 valence electrons. The number of nitrogens with zero attached hydrogens (tertiary/aromatic N) is 4. The number of unbranched alkanes of at least 4 members (excludes halogenated alkanes) is 1. The molecule has 0 radical (unpaired) electrons. The van der Waals surface area contributed by atoms with Crippen molar-refractivity contribution in [2.75, 3.05) is 91.6 Å². The van der Waals surface area contributed by atoms with Gasteiger partial charge in [-0.1, -0.05) is 42.5 Å². The Balaban J connectivity index is 1.16. The van der Waals surface area contributed by atoms with Gasteiger partial charge in [0.1, 0.15) is 18.1 Å². The van der Waals surface area contributed by atoms with E-state index in [1.165, 1.54) is 0 Å². The first kappa shape index (κ1) is 59.9. The van der Waals surface area contributed by atoms with E-state index >= 15 is 0 Å². The molecule has 0 aromatic heterocycles. The second-order valence-corrected chi connectivity index (χ2v) is 20.4. The second kappa shape index (κ2) is 28.8. The molecular weight excluding hydrogens is 995 g/mol. The van der Waals surface area contributed by atoms with Crippen LogP contribution in [0.5, 0.6) is 0 Å². The summed E-state index contributed by atoms with van der Waals surface area (Å²) in [6.07, 6.45) is 3.23. The molecule has 2 aromatic rings. The highest BCUT2D eigenvalue weighted by Crippen LogP contribution is 2.56. The molecule has 2 aromatic carbocycles. The van der Waals surface area contributed by atoms with Gasteiger partial charge in [0, 0.05) is 83.7 Å². The number of hydrogen-bond acceptors (Lipinski definition) is 14. The van der Waals surface area contributed by atoms with Gasteiger partial charge in [0.25, 0.3) is 0 Å². The summed E-state index contributed by atoms with van der Waals surface area (Å²) >= 11 is 0. The molecule has 5 amide bonds. The number of aliphatic carboxylic acids is 6. The zero-order valence-electron chi connectivity index (χ0n) is 42.7. The molecule has 25 nitrogen and oxygen atoms in total. The molecule has 2 bridgehead atoms. The smallest absolute Gasteiger partial charge is 0.326 e. The third-order valence-electron chi connectivity index (χ3n) is 14.9. The summed E-state index contributed by atoms with van der Waals surface area (Å²) in [7, 11) is 0. The Morgan fingerprint density at radius 2 is 1.00 bits per heavy atom. The van der Waals surface area contributed by atoms with Crippen LogP contribution < -0.4 is 26.6 Å². The molecule has 4 fully saturated rings. The van der Waals surface area contributed by atoms with Crippen LogP contribution in [0.4, 0.5) is 4.79 Å². The fraction of sp³-hybridized carbons (Fsp3) is 0.608. The minimum Gasteiger partial charge on any atom is -0.481 e. The lowest BCUT2D eigenvalue weighted by atomic mass is 9.53. The van der Waals surface area contributed by atoms with Crippen LogP contribution in [0.25, 0.3) is 10.8 Å². The lowest BCUT2D eigenvalue weighted by Gasteiger charge is -2.52. The third kappa shape index (κ3) is 19.3. The molecule has 1 heterocycles. The maximum absolute atomic E-state index is 14.4. The summed E-state index contributed by atoms with van der Waals surface area (Å²) in [5.41, 5.74) is -0.192. The van der Waals surface area contributed by atoms with E-state index in [1.54, 1.807) is 14.7 Å². The number of carboxylic acids is 6. The number of hydrogen-bond donors (Lipinski definition) is 11. The average molecular weight is 1070 g/mol. The molecule has 76 heavy (non-hydrogen) atoms. The van der Waals surface area contributed by atoms with Crippen LogP contribution in [0, 0.1) is 10.8 Å². The minimum absolute atomic E-state index is 0.0236. The highest BCUT2D eigenvalue weighted by atomic mass is 16.4. The van der Waals surface area contributed by atoms with Gasteiger partial charge < -0.3 is 57.2 Å². The topological polar surface area (TPSA) is 365 Å². The number of nitrogens with one attached hydrogen (secondary N) is 5. The van der Waals surface area contributed by atoms with Crippen LogP contribution in [-0.2, 0) is 49.6 Å². The first-order valence-corrected chi connectivity index (χ1v) is 25.8. The Morgan fingerprint density at radius 3 is 1.49 bits per heavy atom. The molecule has 1 saturated heterocycles. The summed E-state index contributed by atoms with van der Waals surface area (Å²) in [4.78, 5) is 131. The van der Waals surface area contributed by atoms with Crippen molar-refractivity contribution < 1.29 is 78.6 Å². The van der Waals surface area contributed by atoms with Gasteiger partial charge in [0.15, 0.2) is 0 Å². The van der Waals surface area contributed by atoms with Crippen LogP contribution in [-0.4, -0.2) is 220 Å². The molecule has 25 heteroatoms. The maximum Gasteiger partial charge on any atom is 0.326 e. The second-order valence-electron chi connectivity index (χ2n) is 20.4. The molecule has 0 spiro atoms. The van der Waals surface area contributed by atoms with E-state index in [-0.39, 0.29) is 108 Å². The van der Waals surface area contributed by atoms with Crippen LogP contribution in [0.1, 0.15) is 76.2 Å². The molecule has 4 aliphatic rings. The number of carbonyl (C=O) groups is 10. The van der Waals surface area contributed by atoms with Crippen molar-refractivity contribution >= 4 is 70.3 Å². The van der Waals surface area contributed by atoms with Crippen LogP contribution in [0.3, 0.4) is 0 Å². The summed E-state index contributed by atoms with van der Waals surface area (Å²) in [5, 5.41) is 71.9. The molecule has 1 aliphatic heterocycles. The van der Waals surface area contributed by atoms with Gasteiger partial charge in [-0.25, -0.2) is 14.4 Å². The first-order valence-electron chi connectivity index (χ1n) is 25.8. The molecule has 1 unspecified atom stereocenters. The Morgan fingerprint density at radius 1 is 0.513 bits per heavy atom. The minimum atomic E-state index is -1.55. The van der Waals surface area contributed by atoms with Crippen LogP contribution in [0.15, 0.2) is 42.5 Å². The molecule has 3 saturated carbocycles. The SMILES string of the molecule is O=C(O)CC[C@H](NC(=O)NC(CCCCNC(=O)[C@H](Cc1ccc2ccccc2c1)NC(=O)C12CCC(CNC(=O)CN3CCN(CC(=O)O)CCN(CC(=O)O)CCN(CC(=O)O)CC3)(CC1)CC2)C(=O)O)C(=O)O. The number of benzene rings is 2. The number of carboxylic acid groups (broad SMARTS) is 6. The van der Waals surface area contributed by atoms with E-state index in [4.69, 9.17) is 5.11 Å². The average Bonchev–Trinajstić information content (AvgIpc) is 3.36. The van der Waals surface area contributed by atoms with E-state index in [9.17, 15) is 73.5 Å². The van der Waals surface area contributed by atoms with E-state index in [0.29, 0.717) is 64.6 Å². The standard InChI is InChI=1S/C51H73N9O16/c61-40(29-57-19-21-58(30-42(64)65)23-25-60(32-44(68)69)26-24-59(22-20-57)31-43(66)67)53-33-50-12-15-51(16-13-50,17-14-50)48(75)54-39(28-34-8-9-35-5-1-2-6-36(35)27-34)45(70)52-18-4-3-7-37(46(71)72)55-49(76)56-38(47(73)74)10-11-41(62)63/h1-2,5-6,8-9,27,37-39H,3-4,7,10-26,28-33H2,(H,52,70)(H,53,61)(H,54,75)(H,62,63)(H,64,65)(H,66,67)(H,68,69)(H,71,72)(H,73,74)(H2,55,56,76)/t37?,38-,39-,50?,51?/m0/s1. The van der Waals surface area contributed by atoms with Crippen molar-refractivity contribution in [1.82, 2.24) is 46.2 Å². The summed E-state index contributed by atoms with van der Waals surface area (Å²) in [6.45, 7) is 1.78. The number of fused-ring (bicyclic) bond motifs is 4. The number of rotatable bonds is 27. The predicted octanol–water partition coefficient (Wildman–Crippen LogP) is 0.156. The van der Waals surface area contributed by atoms with Gasteiger partial charge in [0.05, 0.1) is 26.2 Å². The lowest BCUT2D eigenvalue weighted by molar-refractivity contribution is -0.143. The van der Waals surface area contributed by atoms with Gasteiger partial charge in [-0.3, -0.25) is 53.2 Å². The Labute approximate surface area is 439 Å². The van der Waals surface area contributed by atoms with Crippen molar-refractivity contribution in [2.24, 2.45) is 10.8 Å². The van der Waals surface area contributed by atoms with Crippen LogP contribution in [0.2, 0.25) is 0 Å². The van der Waals surface area contributed by atoms with Crippen molar-refractivity contribution in [3.05, 3.63) is 48.0 Å². The monoisotopic (exact) mass is 1070 g/mol. The van der Waals surface area contributed by atoms with E-state index in [2.05, 4.69) is 26.6 Å². The Hall–Kier alpha value is -6.96. The Bertz CT molecular complexity index is 2350. The van der Waals surface area contributed by atoms with Crippen molar-refractivity contribution in [3.8, 4) is 0 Å². The van der Waals surface area contributed by atoms with E-state index in [1.807, 2.05) is 47.4 Å². The van der Waals surface area contributed by atoms with Gasteiger partial charge in [-0.05, 0) is 86.0 Å². The quantitative estimate of drug-likeness (QED) is 0.0531.